The highest BCUT2D eigenvalue weighted by Crippen LogP contribution is 2.20. The normalized spacial score (nSPS) is 12.9. The van der Waals surface area contributed by atoms with E-state index in [4.69, 9.17) is 9.47 Å². The molecule has 0 aromatic carbocycles. The van der Waals surface area contributed by atoms with Crippen molar-refractivity contribution in [3.63, 3.8) is 0 Å². The molecule has 4 heteroatoms. The Morgan fingerprint density at radius 1 is 0.895 bits per heavy atom. The highest BCUT2D eigenvalue weighted by Gasteiger charge is 2.32. The topological polar surface area (TPSA) is 52.6 Å². The lowest BCUT2D eigenvalue weighted by Crippen LogP contribution is -2.32. The van der Waals surface area contributed by atoms with Gasteiger partial charge in [0.25, 0.3) is 0 Å². The second kappa shape index (κ2) is 8.94. The number of carbonyl (C=O) groups is 2. The van der Waals surface area contributed by atoms with Gasteiger partial charge in [0.2, 0.25) is 0 Å². The van der Waals surface area contributed by atoms with E-state index in [0.717, 1.165) is 12.8 Å². The molecular formula is C15H28O4. The fraction of sp³-hybridized carbons (Fsp3) is 0.867. The van der Waals surface area contributed by atoms with Crippen LogP contribution in [0, 0.1) is 11.8 Å². The molecule has 0 N–H and O–H groups in total. The lowest BCUT2D eigenvalue weighted by Gasteiger charge is -2.20. The van der Waals surface area contributed by atoms with E-state index < -0.39 is 17.9 Å². The van der Waals surface area contributed by atoms with E-state index in [9.17, 15) is 9.59 Å². The summed E-state index contributed by atoms with van der Waals surface area (Å²) in [5.41, 5.74) is 0. The SMILES string of the molecule is CCCC(C)CC(C(=O)OC(C)C)C(=O)OC(C)C. The second-order valence-electron chi connectivity index (χ2n) is 5.65. The zero-order valence-electron chi connectivity index (χ0n) is 13.1. The van der Waals surface area contributed by atoms with Crippen molar-refractivity contribution in [1.29, 1.82) is 0 Å². The van der Waals surface area contributed by atoms with Crippen LogP contribution in [0.3, 0.4) is 0 Å². The summed E-state index contributed by atoms with van der Waals surface area (Å²) < 4.78 is 10.3. The molecule has 0 aromatic rings. The van der Waals surface area contributed by atoms with Gasteiger partial charge in [0.05, 0.1) is 12.2 Å². The van der Waals surface area contributed by atoms with Crippen molar-refractivity contribution in [2.24, 2.45) is 11.8 Å². The summed E-state index contributed by atoms with van der Waals surface area (Å²) in [6, 6.07) is 0. The third-order valence-corrected chi connectivity index (χ3v) is 2.69. The summed E-state index contributed by atoms with van der Waals surface area (Å²) in [4.78, 5) is 24.0. The summed E-state index contributed by atoms with van der Waals surface area (Å²) in [7, 11) is 0. The first-order chi connectivity index (χ1) is 8.77. The Balaban J connectivity index is 4.71. The molecule has 0 rings (SSSR count). The number of hydrogen-bond donors (Lipinski definition) is 0. The third kappa shape index (κ3) is 7.85. The first-order valence-electron chi connectivity index (χ1n) is 7.18. The largest absolute Gasteiger partial charge is 0.462 e. The van der Waals surface area contributed by atoms with Crippen molar-refractivity contribution in [2.75, 3.05) is 0 Å². The van der Waals surface area contributed by atoms with Gasteiger partial charge in [-0.1, -0.05) is 26.7 Å². The summed E-state index contributed by atoms with van der Waals surface area (Å²) in [5, 5.41) is 0. The maximum absolute atomic E-state index is 12.0. The molecule has 0 spiro atoms. The lowest BCUT2D eigenvalue weighted by molar-refractivity contribution is -0.167. The van der Waals surface area contributed by atoms with Gasteiger partial charge in [-0.25, -0.2) is 0 Å². The van der Waals surface area contributed by atoms with Crippen LogP contribution in [0.1, 0.15) is 60.8 Å². The van der Waals surface area contributed by atoms with E-state index in [1.165, 1.54) is 0 Å². The Hall–Kier alpha value is -1.06. The van der Waals surface area contributed by atoms with Crippen molar-refractivity contribution >= 4 is 11.9 Å². The van der Waals surface area contributed by atoms with Gasteiger partial charge in [-0.2, -0.15) is 0 Å². The third-order valence-electron chi connectivity index (χ3n) is 2.69. The predicted molar refractivity (Wildman–Crippen MR) is 74.6 cm³/mol. The zero-order valence-corrected chi connectivity index (χ0v) is 13.1. The van der Waals surface area contributed by atoms with Gasteiger partial charge in [0.1, 0.15) is 0 Å². The number of rotatable bonds is 8. The molecule has 0 aliphatic carbocycles. The number of ether oxygens (including phenoxy) is 2. The van der Waals surface area contributed by atoms with Crippen molar-refractivity contribution in [2.45, 2.75) is 73.0 Å². The molecule has 0 saturated heterocycles. The van der Waals surface area contributed by atoms with Gasteiger partial charge in [-0.3, -0.25) is 9.59 Å². The molecule has 112 valence electrons. The molecule has 1 unspecified atom stereocenters. The molecule has 0 radical (unpaired) electrons. The van der Waals surface area contributed by atoms with Crippen molar-refractivity contribution in [3.05, 3.63) is 0 Å². The molecule has 0 heterocycles. The highest BCUT2D eigenvalue weighted by molar-refractivity contribution is 5.95. The van der Waals surface area contributed by atoms with E-state index in [2.05, 4.69) is 6.92 Å². The minimum Gasteiger partial charge on any atom is -0.462 e. The predicted octanol–water partition coefficient (Wildman–Crippen LogP) is 3.33. The van der Waals surface area contributed by atoms with Crippen LogP contribution in [0.5, 0.6) is 0 Å². The summed E-state index contributed by atoms with van der Waals surface area (Å²) in [5.74, 6) is -1.44. The van der Waals surface area contributed by atoms with Gasteiger partial charge >= 0.3 is 11.9 Å². The second-order valence-corrected chi connectivity index (χ2v) is 5.65. The Bertz CT molecular complexity index is 262. The molecule has 19 heavy (non-hydrogen) atoms. The number of hydrogen-bond acceptors (Lipinski definition) is 4. The van der Waals surface area contributed by atoms with Crippen LogP contribution in [0.2, 0.25) is 0 Å². The van der Waals surface area contributed by atoms with Crippen LogP contribution in [0.15, 0.2) is 0 Å². The molecule has 0 aliphatic heterocycles. The van der Waals surface area contributed by atoms with Gasteiger partial charge in [-0.15, -0.1) is 0 Å². The molecule has 0 saturated carbocycles. The van der Waals surface area contributed by atoms with E-state index in [1.807, 2.05) is 6.92 Å². The first kappa shape index (κ1) is 17.9. The maximum Gasteiger partial charge on any atom is 0.320 e. The highest BCUT2D eigenvalue weighted by atomic mass is 16.6. The Labute approximate surface area is 116 Å². The van der Waals surface area contributed by atoms with Gasteiger partial charge < -0.3 is 9.47 Å². The average molecular weight is 272 g/mol. The van der Waals surface area contributed by atoms with Gasteiger partial charge in [0.15, 0.2) is 5.92 Å². The Morgan fingerprint density at radius 2 is 1.32 bits per heavy atom. The summed E-state index contributed by atoms with van der Waals surface area (Å²) >= 11 is 0. The fourth-order valence-electron chi connectivity index (χ4n) is 1.93. The monoisotopic (exact) mass is 272 g/mol. The molecule has 0 bridgehead atoms. The van der Waals surface area contributed by atoms with Gasteiger partial charge in [0, 0.05) is 0 Å². The van der Waals surface area contributed by atoms with E-state index in [-0.39, 0.29) is 12.2 Å². The van der Waals surface area contributed by atoms with E-state index in [1.54, 1.807) is 27.7 Å². The van der Waals surface area contributed by atoms with Crippen LogP contribution in [0.25, 0.3) is 0 Å². The van der Waals surface area contributed by atoms with Crippen LogP contribution in [0.4, 0.5) is 0 Å². The minimum absolute atomic E-state index is 0.219. The Morgan fingerprint density at radius 3 is 1.63 bits per heavy atom. The van der Waals surface area contributed by atoms with Gasteiger partial charge in [-0.05, 0) is 40.0 Å². The average Bonchev–Trinajstić information content (AvgIpc) is 2.23. The van der Waals surface area contributed by atoms with Crippen LogP contribution >= 0.6 is 0 Å². The molecule has 4 nitrogen and oxygen atoms in total. The smallest absolute Gasteiger partial charge is 0.320 e. The number of carbonyl (C=O) groups excluding carboxylic acids is 2. The summed E-state index contributed by atoms with van der Waals surface area (Å²) in [6.45, 7) is 11.2. The van der Waals surface area contributed by atoms with E-state index in [0.29, 0.717) is 12.3 Å². The van der Waals surface area contributed by atoms with Crippen LogP contribution < -0.4 is 0 Å². The minimum atomic E-state index is -0.800. The molecule has 0 aliphatic rings. The standard InChI is InChI=1S/C15H28O4/c1-7-8-12(6)9-13(14(16)18-10(2)3)15(17)19-11(4)5/h10-13H,7-9H2,1-6H3. The first-order valence-corrected chi connectivity index (χ1v) is 7.18. The van der Waals surface area contributed by atoms with Crippen LogP contribution in [-0.2, 0) is 19.1 Å². The van der Waals surface area contributed by atoms with Crippen molar-refractivity contribution in [1.82, 2.24) is 0 Å². The molecule has 0 fully saturated rings. The quantitative estimate of drug-likeness (QED) is 0.502. The fourth-order valence-corrected chi connectivity index (χ4v) is 1.93. The summed E-state index contributed by atoms with van der Waals surface area (Å²) in [6.07, 6.45) is 2.07. The van der Waals surface area contributed by atoms with Crippen molar-refractivity contribution < 1.29 is 19.1 Å². The maximum atomic E-state index is 12.0. The number of esters is 2. The van der Waals surface area contributed by atoms with Crippen molar-refractivity contribution in [3.8, 4) is 0 Å². The van der Waals surface area contributed by atoms with Crippen LogP contribution in [-0.4, -0.2) is 24.1 Å². The zero-order chi connectivity index (χ0) is 15.0. The van der Waals surface area contributed by atoms with E-state index >= 15 is 0 Å². The molecule has 0 aromatic heterocycles. The molecule has 0 amide bonds. The molecular weight excluding hydrogens is 244 g/mol. The Kier molecular flexibility index (Phi) is 8.44. The lowest BCUT2D eigenvalue weighted by atomic mass is 9.92. The molecule has 1 atom stereocenters.